The summed E-state index contributed by atoms with van der Waals surface area (Å²) in [5.74, 6) is -0.285. The summed E-state index contributed by atoms with van der Waals surface area (Å²) in [6, 6.07) is 8.69. The number of benzene rings is 1. The van der Waals surface area contributed by atoms with Crippen LogP contribution in [0, 0.1) is 10.1 Å². The Hall–Kier alpha value is -2.24. The van der Waals surface area contributed by atoms with E-state index >= 15 is 0 Å². The van der Waals surface area contributed by atoms with Gasteiger partial charge in [0.05, 0.1) is 0 Å². The van der Waals surface area contributed by atoms with Crippen LogP contribution in [-0.4, -0.2) is 15.3 Å². The highest BCUT2D eigenvalue weighted by molar-refractivity contribution is 5.64. The van der Waals surface area contributed by atoms with Crippen LogP contribution < -0.4 is 0 Å². The molecule has 14 heavy (non-hydrogen) atoms. The van der Waals surface area contributed by atoms with Crippen LogP contribution >= 0.6 is 0 Å². The summed E-state index contributed by atoms with van der Waals surface area (Å²) in [4.78, 5) is 9.87. The number of nitro groups is 1. The van der Waals surface area contributed by atoms with E-state index in [2.05, 4.69) is 10.4 Å². The third kappa shape index (κ3) is 1.33. The van der Waals surface area contributed by atoms with Crippen LogP contribution in [0.2, 0.25) is 0 Å². The number of aromatic nitrogens is 2. The van der Waals surface area contributed by atoms with Crippen molar-refractivity contribution in [1.29, 1.82) is 0 Å². The van der Waals surface area contributed by atoms with E-state index in [0.29, 0.717) is 5.56 Å². The molecule has 0 bridgehead atoms. The van der Waals surface area contributed by atoms with E-state index in [-0.39, 0.29) is 11.6 Å². The Morgan fingerprint density at radius 1 is 1.29 bits per heavy atom. The zero-order valence-electron chi connectivity index (χ0n) is 6.95. The van der Waals surface area contributed by atoms with Crippen molar-refractivity contribution in [2.24, 2.45) is 0 Å². The van der Waals surface area contributed by atoms with Gasteiger partial charge in [-0.1, -0.05) is 30.3 Å². The van der Waals surface area contributed by atoms with Gasteiger partial charge in [-0.3, -0.25) is 0 Å². The lowest BCUT2D eigenvalue weighted by molar-refractivity contribution is -0.389. The van der Waals surface area contributed by atoms with Crippen LogP contribution in [0.5, 0.6) is 0 Å². The second-order valence-electron chi connectivity index (χ2n) is 2.55. The first-order valence-corrected chi connectivity index (χ1v) is 3.81. The lowest BCUT2D eigenvalue weighted by atomic mass is 10.2. The van der Waals surface area contributed by atoms with Gasteiger partial charge >= 0.3 is 5.82 Å². The topological polar surface area (TPSA) is 82.1 Å². The molecule has 6 heteroatoms. The summed E-state index contributed by atoms with van der Waals surface area (Å²) >= 11 is 0. The monoisotopic (exact) mass is 191 g/mol. The maximum Gasteiger partial charge on any atom is 0.440 e. The van der Waals surface area contributed by atoms with Crippen LogP contribution in [0.25, 0.3) is 11.3 Å². The zero-order chi connectivity index (χ0) is 9.97. The first-order valence-electron chi connectivity index (χ1n) is 3.81. The molecule has 0 radical (unpaired) electrons. The number of hydrogen-bond acceptors (Lipinski definition) is 5. The summed E-state index contributed by atoms with van der Waals surface area (Å²) in [5, 5.41) is 16.9. The Morgan fingerprint density at radius 2 is 2.00 bits per heavy atom. The average molecular weight is 191 g/mol. The molecule has 1 aromatic heterocycles. The standard InChI is InChI=1S/C8H5N3O3/c12-11(13)8-7(14-10-9-8)6-4-2-1-3-5-6/h1-5H. The molecule has 0 unspecified atom stereocenters. The van der Waals surface area contributed by atoms with E-state index in [0.717, 1.165) is 0 Å². The minimum absolute atomic E-state index is 0.0793. The SMILES string of the molecule is O=[N+]([O-])c1nnoc1-c1ccccc1. The molecule has 0 saturated heterocycles. The van der Waals surface area contributed by atoms with Gasteiger partial charge < -0.3 is 14.6 Å². The van der Waals surface area contributed by atoms with Crippen LogP contribution in [0.1, 0.15) is 0 Å². The van der Waals surface area contributed by atoms with Gasteiger partial charge in [0.15, 0.2) is 5.27 Å². The Labute approximate surface area is 78.3 Å². The highest BCUT2D eigenvalue weighted by Crippen LogP contribution is 2.26. The molecule has 2 aromatic rings. The molecule has 0 amide bonds. The predicted molar refractivity (Wildman–Crippen MR) is 46.4 cm³/mol. The Morgan fingerprint density at radius 3 is 2.64 bits per heavy atom. The van der Waals surface area contributed by atoms with E-state index < -0.39 is 4.92 Å². The summed E-state index contributed by atoms with van der Waals surface area (Å²) in [6.07, 6.45) is 0. The first-order chi connectivity index (χ1) is 6.79. The van der Waals surface area contributed by atoms with Crippen LogP contribution in [0.15, 0.2) is 34.9 Å². The number of rotatable bonds is 2. The van der Waals surface area contributed by atoms with Gasteiger partial charge in [0.1, 0.15) is 5.10 Å². The molecular formula is C8H5N3O3. The van der Waals surface area contributed by atoms with Crippen molar-refractivity contribution in [3.63, 3.8) is 0 Å². The summed E-state index contributed by atoms with van der Waals surface area (Å²) in [6.45, 7) is 0. The maximum absolute atomic E-state index is 10.5. The van der Waals surface area contributed by atoms with Gasteiger partial charge in [-0.2, -0.15) is 0 Å². The molecule has 70 valence electrons. The van der Waals surface area contributed by atoms with Crippen molar-refractivity contribution in [2.45, 2.75) is 0 Å². The van der Waals surface area contributed by atoms with E-state index in [4.69, 9.17) is 4.52 Å². The van der Waals surface area contributed by atoms with Crippen molar-refractivity contribution in [3.05, 3.63) is 40.4 Å². The number of hydrogen-bond donors (Lipinski definition) is 0. The Kier molecular flexibility index (Phi) is 1.94. The Balaban J connectivity index is 2.52. The molecular weight excluding hydrogens is 186 g/mol. The van der Waals surface area contributed by atoms with E-state index in [1.165, 1.54) is 0 Å². The van der Waals surface area contributed by atoms with Crippen LogP contribution in [0.3, 0.4) is 0 Å². The highest BCUT2D eigenvalue weighted by atomic mass is 16.6. The fourth-order valence-corrected chi connectivity index (χ4v) is 1.08. The van der Waals surface area contributed by atoms with Gasteiger partial charge in [-0.15, -0.1) is 0 Å². The van der Waals surface area contributed by atoms with E-state index in [1.54, 1.807) is 30.3 Å². The summed E-state index contributed by atoms with van der Waals surface area (Å²) < 4.78 is 4.71. The lowest BCUT2D eigenvalue weighted by Gasteiger charge is -1.92. The van der Waals surface area contributed by atoms with Gasteiger partial charge in [0.2, 0.25) is 0 Å². The smallest absolute Gasteiger partial charge is 0.358 e. The van der Waals surface area contributed by atoms with E-state index in [1.807, 2.05) is 0 Å². The zero-order valence-corrected chi connectivity index (χ0v) is 6.95. The molecule has 2 rings (SSSR count). The fourth-order valence-electron chi connectivity index (χ4n) is 1.08. The molecule has 0 aliphatic heterocycles. The first kappa shape index (κ1) is 8.36. The van der Waals surface area contributed by atoms with Gasteiger partial charge in [-0.05, 0) is 4.92 Å². The van der Waals surface area contributed by atoms with Crippen molar-refractivity contribution in [1.82, 2.24) is 10.4 Å². The Bertz CT molecular complexity index is 452. The predicted octanol–water partition coefficient (Wildman–Crippen LogP) is 1.64. The molecule has 0 aliphatic carbocycles. The lowest BCUT2D eigenvalue weighted by Crippen LogP contribution is -1.90. The van der Waals surface area contributed by atoms with Crippen molar-refractivity contribution < 1.29 is 9.45 Å². The second kappa shape index (κ2) is 3.25. The van der Waals surface area contributed by atoms with Gasteiger partial charge in [-0.25, -0.2) is 0 Å². The number of nitrogens with zero attached hydrogens (tertiary/aromatic N) is 3. The molecule has 0 N–H and O–H groups in total. The van der Waals surface area contributed by atoms with Crippen LogP contribution in [0.4, 0.5) is 5.82 Å². The normalized spacial score (nSPS) is 10.0. The fraction of sp³-hybridized carbons (Fsp3) is 0. The molecule has 0 aliphatic rings. The average Bonchev–Trinajstić information content (AvgIpc) is 2.67. The highest BCUT2D eigenvalue weighted by Gasteiger charge is 2.23. The minimum Gasteiger partial charge on any atom is -0.358 e. The second-order valence-corrected chi connectivity index (χ2v) is 2.55. The molecule has 1 aromatic carbocycles. The third-order valence-corrected chi connectivity index (χ3v) is 1.68. The molecule has 0 atom stereocenters. The molecule has 1 heterocycles. The van der Waals surface area contributed by atoms with Crippen molar-refractivity contribution >= 4 is 5.82 Å². The van der Waals surface area contributed by atoms with Gasteiger partial charge in [0.25, 0.3) is 5.76 Å². The largest absolute Gasteiger partial charge is 0.440 e. The van der Waals surface area contributed by atoms with Crippen molar-refractivity contribution in [3.8, 4) is 11.3 Å². The molecule has 6 nitrogen and oxygen atoms in total. The quantitative estimate of drug-likeness (QED) is 0.532. The van der Waals surface area contributed by atoms with Crippen molar-refractivity contribution in [2.75, 3.05) is 0 Å². The van der Waals surface area contributed by atoms with Gasteiger partial charge in [0, 0.05) is 5.56 Å². The maximum atomic E-state index is 10.5. The third-order valence-electron chi connectivity index (χ3n) is 1.68. The van der Waals surface area contributed by atoms with Crippen LogP contribution in [-0.2, 0) is 0 Å². The minimum atomic E-state index is -0.626. The molecule has 0 saturated carbocycles. The summed E-state index contributed by atoms with van der Waals surface area (Å²) in [7, 11) is 0. The van der Waals surface area contributed by atoms with E-state index in [9.17, 15) is 10.1 Å². The molecule has 0 fully saturated rings. The summed E-state index contributed by atoms with van der Waals surface area (Å²) in [5.41, 5.74) is 0.587. The molecule has 0 spiro atoms.